The Bertz CT molecular complexity index is 1170. The van der Waals surface area contributed by atoms with Gasteiger partial charge in [-0.15, -0.1) is 0 Å². The van der Waals surface area contributed by atoms with E-state index < -0.39 is 10.0 Å². The Labute approximate surface area is 193 Å². The number of hydrogen-bond donors (Lipinski definition) is 2. The standard InChI is InChI=1S/C22H28N6O4S/c1-14-13-32-10-9-28(14)21-25-19-12-27(33(2,30)31)11-18(19)20(26-21)15-3-5-16(6-4-15)23-22(29)24-17-7-8-17/h3-6,14,17H,7-13H2,1-2H3,(H2,23,24,29)/t14-/m0/s1. The number of nitrogens with one attached hydrogen (secondary N) is 2. The number of ether oxygens (including phenoxy) is 1. The predicted octanol–water partition coefficient (Wildman–Crippen LogP) is 1.93. The van der Waals surface area contributed by atoms with Gasteiger partial charge < -0.3 is 20.3 Å². The fourth-order valence-electron chi connectivity index (χ4n) is 4.13. The van der Waals surface area contributed by atoms with Gasteiger partial charge in [0, 0.05) is 35.9 Å². The molecule has 2 fully saturated rings. The molecule has 11 heteroatoms. The molecular formula is C22H28N6O4S. The number of morpholine rings is 1. The zero-order chi connectivity index (χ0) is 23.2. The van der Waals surface area contributed by atoms with Crippen molar-refractivity contribution in [1.29, 1.82) is 0 Å². The molecule has 0 unspecified atom stereocenters. The van der Waals surface area contributed by atoms with E-state index in [1.807, 2.05) is 24.3 Å². The van der Waals surface area contributed by atoms with E-state index in [2.05, 4.69) is 22.5 Å². The molecule has 2 aromatic rings. The van der Waals surface area contributed by atoms with Crippen molar-refractivity contribution in [2.24, 2.45) is 0 Å². The van der Waals surface area contributed by atoms with Crippen LogP contribution < -0.4 is 15.5 Å². The number of aromatic nitrogens is 2. The Balaban J connectivity index is 1.47. The lowest BCUT2D eigenvalue weighted by molar-refractivity contribution is 0.0981. The highest BCUT2D eigenvalue weighted by Gasteiger charge is 2.32. The van der Waals surface area contributed by atoms with Crippen molar-refractivity contribution in [2.75, 3.05) is 36.2 Å². The number of carbonyl (C=O) groups excluding carboxylic acids is 1. The first-order chi connectivity index (χ1) is 15.8. The largest absolute Gasteiger partial charge is 0.377 e. The number of anilines is 2. The second kappa shape index (κ2) is 8.54. The van der Waals surface area contributed by atoms with Crippen molar-refractivity contribution in [2.45, 2.75) is 44.9 Å². The summed E-state index contributed by atoms with van der Waals surface area (Å²) in [6.07, 6.45) is 3.27. The summed E-state index contributed by atoms with van der Waals surface area (Å²) in [6, 6.07) is 7.64. The number of amides is 2. The molecule has 0 spiro atoms. The fraction of sp³-hybridized carbons (Fsp3) is 0.500. The number of carbonyl (C=O) groups is 1. The highest BCUT2D eigenvalue weighted by atomic mass is 32.2. The zero-order valence-electron chi connectivity index (χ0n) is 18.7. The number of fused-ring (bicyclic) bond motifs is 1. The second-order valence-electron chi connectivity index (χ2n) is 8.90. The molecule has 1 saturated carbocycles. The Morgan fingerprint density at radius 2 is 1.91 bits per heavy atom. The van der Waals surface area contributed by atoms with E-state index in [4.69, 9.17) is 14.7 Å². The number of nitrogens with zero attached hydrogens (tertiary/aromatic N) is 4. The Morgan fingerprint density at radius 3 is 2.58 bits per heavy atom. The molecule has 2 amide bonds. The summed E-state index contributed by atoms with van der Waals surface area (Å²) in [4.78, 5) is 23.8. The van der Waals surface area contributed by atoms with Crippen LogP contribution in [0.15, 0.2) is 24.3 Å². The van der Waals surface area contributed by atoms with E-state index in [0.29, 0.717) is 37.1 Å². The smallest absolute Gasteiger partial charge is 0.319 e. The van der Waals surface area contributed by atoms with Crippen LogP contribution in [-0.4, -0.2) is 66.8 Å². The normalized spacial score (nSPS) is 21.0. The van der Waals surface area contributed by atoms with Gasteiger partial charge in [-0.25, -0.2) is 23.2 Å². The molecule has 1 aromatic heterocycles. The summed E-state index contributed by atoms with van der Waals surface area (Å²) in [5, 5.41) is 5.75. The Kier molecular flexibility index (Phi) is 5.71. The van der Waals surface area contributed by atoms with Gasteiger partial charge in [0.1, 0.15) is 0 Å². The second-order valence-corrected chi connectivity index (χ2v) is 10.9. The van der Waals surface area contributed by atoms with Gasteiger partial charge in [-0.2, -0.15) is 4.31 Å². The minimum Gasteiger partial charge on any atom is -0.377 e. The molecule has 176 valence electrons. The summed E-state index contributed by atoms with van der Waals surface area (Å²) in [5.74, 6) is 0.584. The highest BCUT2D eigenvalue weighted by molar-refractivity contribution is 7.88. The summed E-state index contributed by atoms with van der Waals surface area (Å²) < 4.78 is 31.4. The third-order valence-corrected chi connectivity index (χ3v) is 7.36. The van der Waals surface area contributed by atoms with Gasteiger partial charge in [-0.3, -0.25) is 0 Å². The van der Waals surface area contributed by atoms with Gasteiger partial charge >= 0.3 is 6.03 Å². The first-order valence-electron chi connectivity index (χ1n) is 11.1. The summed E-state index contributed by atoms with van der Waals surface area (Å²) in [7, 11) is -3.37. The first-order valence-corrected chi connectivity index (χ1v) is 13.0. The minimum absolute atomic E-state index is 0.119. The van der Waals surface area contributed by atoms with E-state index in [9.17, 15) is 13.2 Å². The fourth-order valence-corrected chi connectivity index (χ4v) is 4.85. The third-order valence-electron chi connectivity index (χ3n) is 6.16. The van der Waals surface area contributed by atoms with Crippen LogP contribution in [0.3, 0.4) is 0 Å². The zero-order valence-corrected chi connectivity index (χ0v) is 19.6. The van der Waals surface area contributed by atoms with Crippen LogP contribution in [0.1, 0.15) is 31.0 Å². The molecule has 1 aliphatic carbocycles. The Hall–Kier alpha value is -2.76. The van der Waals surface area contributed by atoms with Crippen LogP contribution >= 0.6 is 0 Å². The van der Waals surface area contributed by atoms with Gasteiger partial charge in [0.15, 0.2) is 0 Å². The molecule has 10 nitrogen and oxygen atoms in total. The van der Waals surface area contributed by atoms with E-state index in [-0.39, 0.29) is 31.2 Å². The van der Waals surface area contributed by atoms with Crippen molar-refractivity contribution in [3.05, 3.63) is 35.5 Å². The van der Waals surface area contributed by atoms with Crippen LogP contribution in [0, 0.1) is 0 Å². The molecule has 0 bridgehead atoms. The lowest BCUT2D eigenvalue weighted by Crippen LogP contribution is -2.44. The molecule has 2 aliphatic heterocycles. The molecule has 1 atom stereocenters. The molecule has 2 N–H and O–H groups in total. The molecule has 1 aromatic carbocycles. The average Bonchev–Trinajstić information content (AvgIpc) is 3.46. The van der Waals surface area contributed by atoms with Crippen LogP contribution in [0.25, 0.3) is 11.3 Å². The lowest BCUT2D eigenvalue weighted by atomic mass is 10.1. The maximum Gasteiger partial charge on any atom is 0.319 e. The maximum atomic E-state index is 12.2. The van der Waals surface area contributed by atoms with Gasteiger partial charge in [-0.05, 0) is 31.9 Å². The van der Waals surface area contributed by atoms with Crippen LogP contribution in [0.5, 0.6) is 0 Å². The lowest BCUT2D eigenvalue weighted by Gasteiger charge is -2.33. The minimum atomic E-state index is -3.37. The topological polar surface area (TPSA) is 117 Å². The number of sulfonamides is 1. The van der Waals surface area contributed by atoms with Gasteiger partial charge in [0.05, 0.1) is 43.4 Å². The van der Waals surface area contributed by atoms with E-state index >= 15 is 0 Å². The summed E-state index contributed by atoms with van der Waals surface area (Å²) in [5.41, 5.74) is 3.79. The van der Waals surface area contributed by atoms with E-state index in [1.165, 1.54) is 10.6 Å². The molecule has 5 rings (SSSR count). The van der Waals surface area contributed by atoms with Crippen molar-refractivity contribution < 1.29 is 17.9 Å². The summed E-state index contributed by atoms with van der Waals surface area (Å²) >= 11 is 0. The first kappa shape index (κ1) is 22.1. The highest BCUT2D eigenvalue weighted by Crippen LogP contribution is 2.34. The Morgan fingerprint density at radius 1 is 1.15 bits per heavy atom. The van der Waals surface area contributed by atoms with Crippen molar-refractivity contribution >= 4 is 27.7 Å². The summed E-state index contributed by atoms with van der Waals surface area (Å²) in [6.45, 7) is 4.40. The third kappa shape index (κ3) is 4.80. The number of urea groups is 1. The van der Waals surface area contributed by atoms with Crippen LogP contribution in [0.2, 0.25) is 0 Å². The average molecular weight is 473 g/mol. The molecule has 1 saturated heterocycles. The molecule has 33 heavy (non-hydrogen) atoms. The van der Waals surface area contributed by atoms with Crippen molar-refractivity contribution in [1.82, 2.24) is 19.6 Å². The molecule has 3 heterocycles. The van der Waals surface area contributed by atoms with E-state index in [0.717, 1.165) is 29.7 Å². The SMILES string of the molecule is C[C@H]1COCCN1c1nc2c(c(-c3ccc(NC(=O)NC4CC4)cc3)n1)CN(S(C)(=O)=O)C2. The van der Waals surface area contributed by atoms with E-state index in [1.54, 1.807) is 0 Å². The molecule has 0 radical (unpaired) electrons. The predicted molar refractivity (Wildman–Crippen MR) is 124 cm³/mol. The van der Waals surface area contributed by atoms with Gasteiger partial charge in [0.25, 0.3) is 0 Å². The molecular weight excluding hydrogens is 444 g/mol. The maximum absolute atomic E-state index is 12.2. The van der Waals surface area contributed by atoms with Crippen LogP contribution in [-0.2, 0) is 27.8 Å². The number of hydrogen-bond acceptors (Lipinski definition) is 7. The monoisotopic (exact) mass is 472 g/mol. The van der Waals surface area contributed by atoms with Crippen LogP contribution in [0.4, 0.5) is 16.4 Å². The number of benzene rings is 1. The van der Waals surface area contributed by atoms with Crippen molar-refractivity contribution in [3.63, 3.8) is 0 Å². The van der Waals surface area contributed by atoms with Crippen molar-refractivity contribution in [3.8, 4) is 11.3 Å². The molecule has 3 aliphatic rings. The quantitative estimate of drug-likeness (QED) is 0.683. The number of rotatable bonds is 5. The van der Waals surface area contributed by atoms with Gasteiger partial charge in [0.2, 0.25) is 16.0 Å². The van der Waals surface area contributed by atoms with Gasteiger partial charge in [-0.1, -0.05) is 12.1 Å².